The molecule has 0 aliphatic heterocycles. The number of nitrogens with one attached hydrogen (secondary N) is 1. The van der Waals surface area contributed by atoms with E-state index in [9.17, 15) is 13.6 Å². The molecule has 0 bridgehead atoms. The van der Waals surface area contributed by atoms with Gasteiger partial charge in [0.15, 0.2) is 6.61 Å². The van der Waals surface area contributed by atoms with Gasteiger partial charge in [-0.2, -0.15) is 0 Å². The lowest BCUT2D eigenvalue weighted by molar-refractivity contribution is -0.118. The second-order valence-corrected chi connectivity index (χ2v) is 3.77. The van der Waals surface area contributed by atoms with E-state index in [1.54, 1.807) is 6.07 Å². The van der Waals surface area contributed by atoms with E-state index in [0.717, 1.165) is 6.07 Å². The molecule has 3 nitrogen and oxygen atoms in total. The van der Waals surface area contributed by atoms with E-state index in [1.165, 1.54) is 36.4 Å². The molecule has 0 aliphatic carbocycles. The molecule has 0 fully saturated rings. The van der Waals surface area contributed by atoms with Gasteiger partial charge in [0.05, 0.1) is 5.69 Å². The summed E-state index contributed by atoms with van der Waals surface area (Å²) in [5, 5.41) is 2.36. The van der Waals surface area contributed by atoms with E-state index in [0.29, 0.717) is 0 Å². The topological polar surface area (TPSA) is 38.3 Å². The molecule has 98 valence electrons. The number of benzene rings is 2. The summed E-state index contributed by atoms with van der Waals surface area (Å²) < 4.78 is 31.2. The Bertz CT molecular complexity index is 587. The molecule has 0 saturated carbocycles. The molecule has 0 aliphatic rings. The van der Waals surface area contributed by atoms with E-state index >= 15 is 0 Å². The molecule has 2 rings (SSSR count). The van der Waals surface area contributed by atoms with Crippen molar-refractivity contribution in [2.75, 3.05) is 11.9 Å². The van der Waals surface area contributed by atoms with Crippen LogP contribution in [0.1, 0.15) is 0 Å². The first-order chi connectivity index (χ1) is 9.15. The van der Waals surface area contributed by atoms with Gasteiger partial charge in [-0.1, -0.05) is 18.2 Å². The minimum Gasteiger partial charge on any atom is -0.484 e. The van der Waals surface area contributed by atoms with Gasteiger partial charge in [0.25, 0.3) is 5.91 Å². The highest BCUT2D eigenvalue weighted by Crippen LogP contribution is 2.14. The summed E-state index contributed by atoms with van der Waals surface area (Å²) >= 11 is 0. The van der Waals surface area contributed by atoms with Crippen LogP contribution >= 0.6 is 0 Å². The molecule has 0 heterocycles. The molecule has 19 heavy (non-hydrogen) atoms. The minimum absolute atomic E-state index is 0.0790. The fourth-order valence-electron chi connectivity index (χ4n) is 1.45. The zero-order valence-electron chi connectivity index (χ0n) is 9.90. The fraction of sp³-hybridized carbons (Fsp3) is 0.0714. The molecule has 1 N–H and O–H groups in total. The van der Waals surface area contributed by atoms with Crippen LogP contribution in [-0.4, -0.2) is 12.5 Å². The van der Waals surface area contributed by atoms with Gasteiger partial charge in [-0.05, 0) is 24.3 Å². The third-order valence-corrected chi connectivity index (χ3v) is 2.31. The number of ether oxygens (including phenoxy) is 1. The molecule has 0 spiro atoms. The van der Waals surface area contributed by atoms with E-state index < -0.39 is 17.5 Å². The normalized spacial score (nSPS) is 10.0. The third-order valence-electron chi connectivity index (χ3n) is 2.31. The van der Waals surface area contributed by atoms with Crippen molar-refractivity contribution in [1.29, 1.82) is 0 Å². The van der Waals surface area contributed by atoms with Crippen LogP contribution < -0.4 is 10.1 Å². The van der Waals surface area contributed by atoms with Crippen LogP contribution in [0.3, 0.4) is 0 Å². The first-order valence-electron chi connectivity index (χ1n) is 5.58. The molecule has 0 aromatic heterocycles. The van der Waals surface area contributed by atoms with Gasteiger partial charge in [-0.3, -0.25) is 4.79 Å². The number of amides is 1. The highest BCUT2D eigenvalue weighted by molar-refractivity contribution is 5.91. The number of carbonyl (C=O) groups excluding carboxylic acids is 1. The maximum atomic E-state index is 13.3. The van der Waals surface area contributed by atoms with Gasteiger partial charge in [-0.15, -0.1) is 0 Å². The predicted octanol–water partition coefficient (Wildman–Crippen LogP) is 2.98. The first kappa shape index (κ1) is 13.0. The van der Waals surface area contributed by atoms with Crippen LogP contribution in [0.2, 0.25) is 0 Å². The van der Waals surface area contributed by atoms with Gasteiger partial charge in [0, 0.05) is 6.07 Å². The highest BCUT2D eigenvalue weighted by Gasteiger charge is 2.07. The van der Waals surface area contributed by atoms with Crippen LogP contribution in [0.4, 0.5) is 14.5 Å². The smallest absolute Gasteiger partial charge is 0.262 e. The lowest BCUT2D eigenvalue weighted by Gasteiger charge is -2.08. The van der Waals surface area contributed by atoms with Crippen molar-refractivity contribution in [3.63, 3.8) is 0 Å². The molecular weight excluding hydrogens is 252 g/mol. The summed E-state index contributed by atoms with van der Waals surface area (Å²) in [6.45, 7) is -0.322. The van der Waals surface area contributed by atoms with Crippen molar-refractivity contribution in [2.24, 2.45) is 0 Å². The third kappa shape index (κ3) is 3.77. The Labute approximate surface area is 108 Å². The summed E-state index contributed by atoms with van der Waals surface area (Å²) in [5.74, 6) is -1.26. The van der Waals surface area contributed by atoms with Crippen molar-refractivity contribution < 1.29 is 18.3 Å². The Morgan fingerprint density at radius 3 is 2.63 bits per heavy atom. The van der Waals surface area contributed by atoms with Crippen LogP contribution in [-0.2, 0) is 4.79 Å². The molecule has 2 aromatic rings. The fourth-order valence-corrected chi connectivity index (χ4v) is 1.45. The number of hydrogen-bond acceptors (Lipinski definition) is 2. The van der Waals surface area contributed by atoms with Crippen LogP contribution in [0.25, 0.3) is 0 Å². The predicted molar refractivity (Wildman–Crippen MR) is 66.9 cm³/mol. The van der Waals surface area contributed by atoms with E-state index in [2.05, 4.69) is 5.32 Å². The minimum atomic E-state index is -0.526. The monoisotopic (exact) mass is 263 g/mol. The quantitative estimate of drug-likeness (QED) is 0.920. The average molecular weight is 263 g/mol. The van der Waals surface area contributed by atoms with E-state index in [-0.39, 0.29) is 18.0 Å². The number of anilines is 1. The number of hydrogen-bond donors (Lipinski definition) is 1. The molecule has 1 amide bonds. The van der Waals surface area contributed by atoms with E-state index in [1.807, 2.05) is 0 Å². The summed E-state index contributed by atoms with van der Waals surface area (Å²) in [6.07, 6.45) is 0. The van der Waals surface area contributed by atoms with Crippen molar-refractivity contribution in [3.05, 3.63) is 60.2 Å². The van der Waals surface area contributed by atoms with Gasteiger partial charge >= 0.3 is 0 Å². The number of carbonyl (C=O) groups is 1. The zero-order valence-corrected chi connectivity index (χ0v) is 9.90. The van der Waals surface area contributed by atoms with Crippen molar-refractivity contribution >= 4 is 11.6 Å². The first-order valence-corrected chi connectivity index (χ1v) is 5.58. The Morgan fingerprint density at radius 1 is 1.11 bits per heavy atom. The van der Waals surface area contributed by atoms with Gasteiger partial charge in [0.1, 0.15) is 17.4 Å². The standard InChI is InChI=1S/C14H11F2NO2/c15-10-4-3-5-11(8-10)19-9-14(18)17-13-7-2-1-6-12(13)16/h1-8H,9H2,(H,17,18). The Balaban J connectivity index is 1.90. The largest absolute Gasteiger partial charge is 0.484 e. The second kappa shape index (κ2) is 5.95. The van der Waals surface area contributed by atoms with Crippen LogP contribution in [0.15, 0.2) is 48.5 Å². The number of halogens is 2. The summed E-state index contributed by atoms with van der Waals surface area (Å²) in [7, 11) is 0. The Kier molecular flexibility index (Phi) is 4.07. The highest BCUT2D eigenvalue weighted by atomic mass is 19.1. The summed E-state index contributed by atoms with van der Waals surface area (Å²) in [6, 6.07) is 11.2. The maximum Gasteiger partial charge on any atom is 0.262 e. The van der Waals surface area contributed by atoms with E-state index in [4.69, 9.17) is 4.74 Å². The summed E-state index contributed by atoms with van der Waals surface area (Å²) in [5.41, 5.74) is 0.0790. The molecule has 0 unspecified atom stereocenters. The molecule has 0 atom stereocenters. The van der Waals surface area contributed by atoms with Gasteiger partial charge in [-0.25, -0.2) is 8.78 Å². The molecule has 0 saturated heterocycles. The molecular formula is C14H11F2NO2. The van der Waals surface area contributed by atoms with Crippen molar-refractivity contribution in [3.8, 4) is 5.75 Å². The SMILES string of the molecule is O=C(COc1cccc(F)c1)Nc1ccccc1F. The molecule has 2 aromatic carbocycles. The summed E-state index contributed by atoms with van der Waals surface area (Å²) in [4.78, 5) is 11.5. The van der Waals surface area contributed by atoms with Crippen molar-refractivity contribution in [1.82, 2.24) is 0 Å². The van der Waals surface area contributed by atoms with Gasteiger partial charge < -0.3 is 10.1 Å². The zero-order chi connectivity index (χ0) is 13.7. The second-order valence-electron chi connectivity index (χ2n) is 3.77. The molecule has 5 heteroatoms. The lowest BCUT2D eigenvalue weighted by atomic mass is 10.3. The average Bonchev–Trinajstić information content (AvgIpc) is 2.39. The van der Waals surface area contributed by atoms with Crippen LogP contribution in [0.5, 0.6) is 5.75 Å². The van der Waals surface area contributed by atoms with Crippen LogP contribution in [0, 0.1) is 11.6 Å². The lowest BCUT2D eigenvalue weighted by Crippen LogP contribution is -2.20. The maximum absolute atomic E-state index is 13.3. The Hall–Kier alpha value is -2.43. The van der Waals surface area contributed by atoms with Gasteiger partial charge in [0.2, 0.25) is 0 Å². The Morgan fingerprint density at radius 2 is 1.89 bits per heavy atom. The van der Waals surface area contributed by atoms with Crippen molar-refractivity contribution in [2.45, 2.75) is 0 Å². The molecule has 0 radical (unpaired) electrons. The number of para-hydroxylation sites is 1. The number of rotatable bonds is 4.